The number of rotatable bonds is 5. The Labute approximate surface area is 124 Å². The zero-order chi connectivity index (χ0) is 15.2. The molecule has 0 aliphatic carbocycles. The van der Waals surface area contributed by atoms with Crippen molar-refractivity contribution in [3.8, 4) is 5.75 Å². The molecule has 2 aromatic carbocycles. The maximum atomic E-state index is 11.6. The van der Waals surface area contributed by atoms with Gasteiger partial charge in [0.15, 0.2) is 0 Å². The molecule has 0 spiro atoms. The minimum absolute atomic E-state index is 0.313. The first-order valence-electron chi connectivity index (χ1n) is 6.77. The lowest BCUT2D eigenvalue weighted by Gasteiger charge is -2.11. The minimum atomic E-state index is -0.313. The maximum absolute atomic E-state index is 11.6. The highest BCUT2D eigenvalue weighted by atomic mass is 16.5. The van der Waals surface area contributed by atoms with Gasteiger partial charge in [0.25, 0.3) is 0 Å². The molecule has 0 saturated carbocycles. The van der Waals surface area contributed by atoms with Gasteiger partial charge in [-0.3, -0.25) is 0 Å². The molecule has 0 aliphatic heterocycles. The van der Waals surface area contributed by atoms with E-state index in [-0.39, 0.29) is 5.97 Å². The second kappa shape index (κ2) is 6.75. The lowest BCUT2D eigenvalue weighted by atomic mass is 9.98. The largest absolute Gasteiger partial charge is 0.496 e. The molecular weight excluding hydrogens is 264 g/mol. The minimum Gasteiger partial charge on any atom is -0.496 e. The van der Waals surface area contributed by atoms with Crippen LogP contribution in [0.1, 0.15) is 28.4 Å². The first-order valence-corrected chi connectivity index (χ1v) is 6.77. The highest BCUT2D eigenvalue weighted by Crippen LogP contribution is 2.29. The summed E-state index contributed by atoms with van der Waals surface area (Å²) < 4.78 is 10.3. The van der Waals surface area contributed by atoms with Crippen LogP contribution in [0.25, 0.3) is 5.57 Å². The van der Waals surface area contributed by atoms with Gasteiger partial charge >= 0.3 is 5.97 Å². The molecule has 0 N–H and O–H groups in total. The third-order valence-corrected chi connectivity index (χ3v) is 3.18. The summed E-state index contributed by atoms with van der Waals surface area (Å²) in [6.07, 6.45) is 0. The summed E-state index contributed by atoms with van der Waals surface area (Å²) in [5.41, 5.74) is 3.26. The molecule has 0 bridgehead atoms. The van der Waals surface area contributed by atoms with Gasteiger partial charge in [-0.2, -0.15) is 0 Å². The summed E-state index contributed by atoms with van der Waals surface area (Å²) in [5.74, 6) is 0.462. The Bertz CT molecular complexity index is 642. The quantitative estimate of drug-likeness (QED) is 0.779. The predicted octanol–water partition coefficient (Wildman–Crippen LogP) is 3.93. The lowest BCUT2D eigenvalue weighted by molar-refractivity contribution is 0.0526. The third-order valence-electron chi connectivity index (χ3n) is 3.18. The highest BCUT2D eigenvalue weighted by Gasteiger charge is 2.10. The van der Waals surface area contributed by atoms with Gasteiger partial charge in [-0.1, -0.05) is 36.9 Å². The second-order valence-corrected chi connectivity index (χ2v) is 4.48. The monoisotopic (exact) mass is 282 g/mol. The number of hydrogen-bond acceptors (Lipinski definition) is 3. The van der Waals surface area contributed by atoms with E-state index in [4.69, 9.17) is 9.47 Å². The van der Waals surface area contributed by atoms with Gasteiger partial charge in [-0.25, -0.2) is 4.79 Å². The SMILES string of the molecule is C=C(c1ccc(C(=O)OCC)cc1)c1ccccc1OC. The number of methoxy groups -OCH3 is 1. The zero-order valence-electron chi connectivity index (χ0n) is 12.3. The molecule has 0 heterocycles. The molecule has 0 saturated heterocycles. The molecule has 3 nitrogen and oxygen atoms in total. The van der Waals surface area contributed by atoms with Gasteiger partial charge in [0.2, 0.25) is 0 Å². The van der Waals surface area contributed by atoms with E-state index >= 15 is 0 Å². The maximum Gasteiger partial charge on any atom is 0.338 e. The molecule has 0 fully saturated rings. The van der Waals surface area contributed by atoms with Crippen LogP contribution in [-0.2, 0) is 4.74 Å². The van der Waals surface area contributed by atoms with Crippen LogP contribution < -0.4 is 4.74 Å². The van der Waals surface area contributed by atoms with Gasteiger partial charge in [-0.05, 0) is 36.3 Å². The van der Waals surface area contributed by atoms with Crippen molar-refractivity contribution < 1.29 is 14.3 Å². The van der Waals surface area contributed by atoms with Crippen LogP contribution in [0.4, 0.5) is 0 Å². The molecule has 21 heavy (non-hydrogen) atoms. The molecule has 2 rings (SSSR count). The van der Waals surface area contributed by atoms with Crippen molar-refractivity contribution in [3.05, 3.63) is 71.8 Å². The Balaban J connectivity index is 2.26. The summed E-state index contributed by atoms with van der Waals surface area (Å²) in [5, 5.41) is 0. The van der Waals surface area contributed by atoms with Gasteiger partial charge < -0.3 is 9.47 Å². The number of hydrogen-bond donors (Lipinski definition) is 0. The van der Waals surface area contributed by atoms with Crippen molar-refractivity contribution in [2.45, 2.75) is 6.92 Å². The van der Waals surface area contributed by atoms with E-state index in [0.29, 0.717) is 12.2 Å². The topological polar surface area (TPSA) is 35.5 Å². The number of benzene rings is 2. The summed E-state index contributed by atoms with van der Waals surface area (Å²) in [6.45, 7) is 6.28. The van der Waals surface area contributed by atoms with Crippen LogP contribution >= 0.6 is 0 Å². The van der Waals surface area contributed by atoms with Crippen molar-refractivity contribution in [2.75, 3.05) is 13.7 Å². The molecular formula is C18H18O3. The zero-order valence-corrected chi connectivity index (χ0v) is 12.3. The first kappa shape index (κ1) is 14.9. The fourth-order valence-corrected chi connectivity index (χ4v) is 2.07. The van der Waals surface area contributed by atoms with E-state index < -0.39 is 0 Å². The van der Waals surface area contributed by atoms with Gasteiger partial charge in [-0.15, -0.1) is 0 Å². The normalized spacial score (nSPS) is 10.0. The fourth-order valence-electron chi connectivity index (χ4n) is 2.07. The van der Waals surface area contributed by atoms with E-state index in [1.165, 1.54) is 0 Å². The molecule has 2 aromatic rings. The Morgan fingerprint density at radius 2 is 1.67 bits per heavy atom. The number of esters is 1. The van der Waals surface area contributed by atoms with Crippen molar-refractivity contribution in [1.82, 2.24) is 0 Å². The van der Waals surface area contributed by atoms with Crippen LogP contribution in [0.2, 0.25) is 0 Å². The fraction of sp³-hybridized carbons (Fsp3) is 0.167. The van der Waals surface area contributed by atoms with Crippen molar-refractivity contribution in [3.63, 3.8) is 0 Å². The van der Waals surface area contributed by atoms with Crippen molar-refractivity contribution >= 4 is 11.5 Å². The van der Waals surface area contributed by atoms with Crippen molar-refractivity contribution in [2.24, 2.45) is 0 Å². The Morgan fingerprint density at radius 1 is 1.05 bits per heavy atom. The second-order valence-electron chi connectivity index (χ2n) is 4.48. The highest BCUT2D eigenvalue weighted by molar-refractivity contribution is 5.90. The third kappa shape index (κ3) is 3.31. The first-order chi connectivity index (χ1) is 10.2. The number of ether oxygens (including phenoxy) is 2. The lowest BCUT2D eigenvalue weighted by Crippen LogP contribution is -2.04. The van der Waals surface area contributed by atoms with Gasteiger partial charge in [0.05, 0.1) is 19.3 Å². The van der Waals surface area contributed by atoms with Crippen molar-refractivity contribution in [1.29, 1.82) is 0 Å². The van der Waals surface area contributed by atoms with E-state index in [0.717, 1.165) is 22.4 Å². The summed E-state index contributed by atoms with van der Waals surface area (Å²) in [6, 6.07) is 14.9. The summed E-state index contributed by atoms with van der Waals surface area (Å²) in [4.78, 5) is 11.6. The number of carbonyl (C=O) groups excluding carboxylic acids is 1. The van der Waals surface area contributed by atoms with Crippen LogP contribution in [0.3, 0.4) is 0 Å². The van der Waals surface area contributed by atoms with Crippen LogP contribution in [0, 0.1) is 0 Å². The average molecular weight is 282 g/mol. The van der Waals surface area contributed by atoms with E-state index in [2.05, 4.69) is 6.58 Å². The van der Waals surface area contributed by atoms with E-state index in [1.807, 2.05) is 36.4 Å². The molecule has 0 amide bonds. The number of carbonyl (C=O) groups is 1. The van der Waals surface area contributed by atoms with Crippen LogP contribution in [-0.4, -0.2) is 19.7 Å². The average Bonchev–Trinajstić information content (AvgIpc) is 2.54. The van der Waals surface area contributed by atoms with E-state index in [9.17, 15) is 4.79 Å². The Kier molecular flexibility index (Phi) is 4.77. The molecule has 0 aliphatic rings. The Hall–Kier alpha value is -2.55. The molecule has 0 unspecified atom stereocenters. The number of para-hydroxylation sites is 1. The van der Waals surface area contributed by atoms with Crippen LogP contribution in [0.15, 0.2) is 55.1 Å². The predicted molar refractivity (Wildman–Crippen MR) is 83.5 cm³/mol. The smallest absolute Gasteiger partial charge is 0.338 e. The molecule has 0 atom stereocenters. The Morgan fingerprint density at radius 3 is 2.29 bits per heavy atom. The van der Waals surface area contributed by atoms with E-state index in [1.54, 1.807) is 26.2 Å². The summed E-state index contributed by atoms with van der Waals surface area (Å²) in [7, 11) is 1.63. The molecule has 108 valence electrons. The summed E-state index contributed by atoms with van der Waals surface area (Å²) >= 11 is 0. The van der Waals surface area contributed by atoms with Gasteiger partial charge in [0.1, 0.15) is 5.75 Å². The van der Waals surface area contributed by atoms with Crippen LogP contribution in [0.5, 0.6) is 5.75 Å². The van der Waals surface area contributed by atoms with Gasteiger partial charge in [0, 0.05) is 5.56 Å². The molecule has 0 aromatic heterocycles. The molecule has 3 heteroatoms. The standard InChI is InChI=1S/C18H18O3/c1-4-21-18(19)15-11-9-14(10-12-15)13(2)16-7-5-6-8-17(16)20-3/h5-12H,2,4H2,1,3H3. The molecule has 0 radical (unpaired) electrons.